The number of para-hydroxylation sites is 2. The van der Waals surface area contributed by atoms with Crippen LogP contribution >= 0.6 is 0 Å². The lowest BCUT2D eigenvalue weighted by molar-refractivity contribution is -0.116. The fourth-order valence-electron chi connectivity index (χ4n) is 4.87. The average molecular weight is 425 g/mol. The molecule has 0 bridgehead atoms. The maximum atomic E-state index is 13.6. The fraction of sp³-hybridized carbons (Fsp3) is 0.250. The topological polar surface area (TPSA) is 50.4 Å². The van der Waals surface area contributed by atoms with Crippen LogP contribution in [0.25, 0.3) is 0 Å². The molecule has 0 aromatic heterocycles. The van der Waals surface area contributed by atoms with Gasteiger partial charge < -0.3 is 15.4 Å². The van der Waals surface area contributed by atoms with Gasteiger partial charge in [-0.05, 0) is 67.1 Å². The van der Waals surface area contributed by atoms with Crippen LogP contribution in [0.2, 0.25) is 0 Å². The lowest BCUT2D eigenvalue weighted by atomic mass is 9.78. The first kappa shape index (κ1) is 20.4. The highest BCUT2D eigenvalue weighted by Gasteiger charge is 2.36. The van der Waals surface area contributed by atoms with Gasteiger partial charge in [-0.3, -0.25) is 4.79 Å². The molecule has 0 amide bonds. The first-order valence-corrected chi connectivity index (χ1v) is 11.3. The van der Waals surface area contributed by atoms with E-state index in [-0.39, 0.29) is 17.7 Å². The van der Waals surface area contributed by atoms with Crippen LogP contribution < -0.4 is 15.4 Å². The van der Waals surface area contributed by atoms with Crippen molar-refractivity contribution in [1.82, 2.24) is 0 Å². The van der Waals surface area contributed by atoms with Crippen molar-refractivity contribution in [3.05, 3.63) is 101 Å². The van der Waals surface area contributed by atoms with Gasteiger partial charge in [0.05, 0.1) is 24.0 Å². The molecule has 32 heavy (non-hydrogen) atoms. The number of carbonyl (C=O) groups is 1. The summed E-state index contributed by atoms with van der Waals surface area (Å²) in [6.45, 7) is 4.74. The number of allylic oxidation sites excluding steroid dienone is 1. The number of nitrogens with one attached hydrogen (secondary N) is 2. The summed E-state index contributed by atoms with van der Waals surface area (Å²) in [7, 11) is 0. The zero-order valence-electron chi connectivity index (χ0n) is 18.5. The summed E-state index contributed by atoms with van der Waals surface area (Å²) >= 11 is 0. The monoisotopic (exact) mass is 424 g/mol. The minimum atomic E-state index is -0.170. The fourth-order valence-corrected chi connectivity index (χ4v) is 4.87. The van der Waals surface area contributed by atoms with E-state index in [2.05, 4.69) is 54.0 Å². The van der Waals surface area contributed by atoms with Crippen molar-refractivity contribution in [3.8, 4) is 5.75 Å². The molecule has 2 unspecified atom stereocenters. The summed E-state index contributed by atoms with van der Waals surface area (Å²) in [5.41, 5.74) is 7.40. The highest BCUT2D eigenvalue weighted by Crippen LogP contribution is 2.44. The molecule has 1 heterocycles. The Hall–Kier alpha value is -3.53. The van der Waals surface area contributed by atoms with E-state index in [1.165, 1.54) is 11.1 Å². The molecule has 1 aliphatic carbocycles. The molecule has 2 N–H and O–H groups in total. The molecule has 5 rings (SSSR count). The Morgan fingerprint density at radius 2 is 1.62 bits per heavy atom. The van der Waals surface area contributed by atoms with Gasteiger partial charge in [0.25, 0.3) is 0 Å². The number of aryl methyl sites for hydroxylation is 1. The lowest BCUT2D eigenvalue weighted by Gasteiger charge is -2.30. The van der Waals surface area contributed by atoms with E-state index >= 15 is 0 Å². The van der Waals surface area contributed by atoms with Crippen molar-refractivity contribution >= 4 is 17.2 Å². The van der Waals surface area contributed by atoms with Gasteiger partial charge in [-0.2, -0.15) is 0 Å². The first-order chi connectivity index (χ1) is 15.6. The predicted molar refractivity (Wildman–Crippen MR) is 129 cm³/mol. The Kier molecular flexibility index (Phi) is 5.44. The maximum absolute atomic E-state index is 13.6. The van der Waals surface area contributed by atoms with Crippen molar-refractivity contribution in [2.75, 3.05) is 17.2 Å². The van der Waals surface area contributed by atoms with Gasteiger partial charge in [0.2, 0.25) is 0 Å². The van der Waals surface area contributed by atoms with Crippen LogP contribution in [0.15, 0.2) is 84.1 Å². The maximum Gasteiger partial charge on any atom is 0.163 e. The Balaban J connectivity index is 1.56. The third-order valence-corrected chi connectivity index (χ3v) is 6.47. The van der Waals surface area contributed by atoms with Gasteiger partial charge in [-0.1, -0.05) is 48.5 Å². The van der Waals surface area contributed by atoms with Gasteiger partial charge in [0.1, 0.15) is 5.75 Å². The largest absolute Gasteiger partial charge is 0.494 e. The molecule has 2 aliphatic rings. The summed E-state index contributed by atoms with van der Waals surface area (Å²) in [4.78, 5) is 13.6. The molecular formula is C28H28N2O2. The van der Waals surface area contributed by atoms with E-state index in [0.717, 1.165) is 40.4 Å². The van der Waals surface area contributed by atoms with E-state index < -0.39 is 0 Å². The third kappa shape index (κ3) is 3.77. The van der Waals surface area contributed by atoms with Gasteiger partial charge in [-0.25, -0.2) is 0 Å². The Morgan fingerprint density at radius 1 is 0.906 bits per heavy atom. The molecule has 0 spiro atoms. The summed E-state index contributed by atoms with van der Waals surface area (Å²) in [5.74, 6) is 1.21. The summed E-state index contributed by atoms with van der Waals surface area (Å²) < 4.78 is 5.59. The highest BCUT2D eigenvalue weighted by atomic mass is 16.5. The van der Waals surface area contributed by atoms with Gasteiger partial charge in [0, 0.05) is 17.7 Å². The molecule has 0 saturated carbocycles. The van der Waals surface area contributed by atoms with Crippen molar-refractivity contribution in [2.45, 2.75) is 38.6 Å². The summed E-state index contributed by atoms with van der Waals surface area (Å²) in [6.07, 6.45) is 1.31. The second kappa shape index (κ2) is 8.54. The zero-order valence-corrected chi connectivity index (χ0v) is 18.5. The third-order valence-electron chi connectivity index (χ3n) is 6.47. The Labute approximate surface area is 189 Å². The van der Waals surface area contributed by atoms with E-state index in [0.29, 0.717) is 13.0 Å². The molecule has 4 heteroatoms. The number of fused-ring (bicyclic) bond motifs is 1. The molecule has 3 aromatic rings. The van der Waals surface area contributed by atoms with E-state index in [1.807, 2.05) is 43.3 Å². The van der Waals surface area contributed by atoms with E-state index in [4.69, 9.17) is 4.74 Å². The molecule has 1 aliphatic heterocycles. The molecule has 0 saturated heterocycles. The predicted octanol–water partition coefficient (Wildman–Crippen LogP) is 6.37. The van der Waals surface area contributed by atoms with Gasteiger partial charge in [-0.15, -0.1) is 0 Å². The zero-order chi connectivity index (χ0) is 22.1. The number of carbonyl (C=O) groups excluding carboxylic acids is 1. The van der Waals surface area contributed by atoms with E-state index in [9.17, 15) is 4.79 Å². The second-order valence-corrected chi connectivity index (χ2v) is 8.53. The smallest absolute Gasteiger partial charge is 0.163 e. The number of ether oxygens (including phenoxy) is 1. The summed E-state index contributed by atoms with van der Waals surface area (Å²) in [5, 5.41) is 7.28. The Morgan fingerprint density at radius 3 is 2.38 bits per heavy atom. The molecule has 0 fully saturated rings. The minimum Gasteiger partial charge on any atom is -0.494 e. The van der Waals surface area contributed by atoms with Crippen LogP contribution in [0, 0.1) is 6.92 Å². The van der Waals surface area contributed by atoms with E-state index in [1.54, 1.807) is 0 Å². The van der Waals surface area contributed by atoms with Crippen molar-refractivity contribution in [2.24, 2.45) is 0 Å². The van der Waals surface area contributed by atoms with Crippen molar-refractivity contribution in [3.63, 3.8) is 0 Å². The lowest BCUT2D eigenvalue weighted by Crippen LogP contribution is -2.27. The normalized spacial score (nSPS) is 19.9. The van der Waals surface area contributed by atoms with Gasteiger partial charge >= 0.3 is 0 Å². The van der Waals surface area contributed by atoms with Crippen LogP contribution in [0.5, 0.6) is 5.75 Å². The summed E-state index contributed by atoms with van der Waals surface area (Å²) in [6, 6.07) is 24.5. The van der Waals surface area contributed by atoms with Crippen LogP contribution in [-0.4, -0.2) is 12.4 Å². The van der Waals surface area contributed by atoms with Crippen LogP contribution in [-0.2, 0) is 4.79 Å². The molecule has 0 radical (unpaired) electrons. The second-order valence-electron chi connectivity index (χ2n) is 8.53. The number of rotatable bonds is 4. The number of Topliss-reactive ketones (excluding diaryl/α,β-unsaturated/α-hetero) is 1. The molecule has 2 atom stereocenters. The number of anilines is 2. The molecule has 162 valence electrons. The number of hydrogen-bond donors (Lipinski definition) is 2. The van der Waals surface area contributed by atoms with Gasteiger partial charge in [0.15, 0.2) is 5.78 Å². The quantitative estimate of drug-likeness (QED) is 0.511. The van der Waals surface area contributed by atoms with Crippen molar-refractivity contribution in [1.29, 1.82) is 0 Å². The minimum absolute atomic E-state index is 0.146. The van der Waals surface area contributed by atoms with Crippen LogP contribution in [0.3, 0.4) is 0 Å². The standard InChI is InChI=1S/C28H28N2O2/c1-3-32-21-14-12-19(13-15-21)20-16-25-27(26(31)17-20)28(22-9-5-4-8-18(22)2)30-24-11-7-6-10-23(24)29-25/h4-15,20,28-30H,3,16-17H2,1-2H3. The highest BCUT2D eigenvalue weighted by molar-refractivity contribution is 6.01. The van der Waals surface area contributed by atoms with Crippen molar-refractivity contribution < 1.29 is 9.53 Å². The average Bonchev–Trinajstić information content (AvgIpc) is 2.97. The van der Waals surface area contributed by atoms with Crippen LogP contribution in [0.4, 0.5) is 11.4 Å². The molecule has 4 nitrogen and oxygen atoms in total. The molecule has 3 aromatic carbocycles. The number of benzene rings is 3. The molecular weight excluding hydrogens is 396 g/mol. The Bertz CT molecular complexity index is 1180. The number of ketones is 1. The van der Waals surface area contributed by atoms with Crippen LogP contribution in [0.1, 0.15) is 48.4 Å². The first-order valence-electron chi connectivity index (χ1n) is 11.3. The SMILES string of the molecule is CCOc1ccc(C2CC(=O)C3=C(C2)Nc2ccccc2NC3c2ccccc2C)cc1. The number of hydrogen-bond acceptors (Lipinski definition) is 4.